The van der Waals surface area contributed by atoms with E-state index in [0.29, 0.717) is 23.2 Å². The molecule has 2 rings (SSSR count). The molecule has 0 fully saturated rings. The van der Waals surface area contributed by atoms with Crippen LogP contribution < -0.4 is 10.6 Å². The summed E-state index contributed by atoms with van der Waals surface area (Å²) in [5.74, 6) is -1.01. The summed E-state index contributed by atoms with van der Waals surface area (Å²) in [6.07, 6.45) is 1.46. The summed E-state index contributed by atoms with van der Waals surface area (Å²) < 4.78 is 5.27. The van der Waals surface area contributed by atoms with Gasteiger partial charge < -0.3 is 30.5 Å². The summed E-state index contributed by atoms with van der Waals surface area (Å²) in [7, 11) is 0. The van der Waals surface area contributed by atoms with E-state index < -0.39 is 42.2 Å². The number of nitrogens with zero attached hydrogens (tertiary/aromatic N) is 1. The van der Waals surface area contributed by atoms with Gasteiger partial charge in [-0.1, -0.05) is 44.0 Å². The fourth-order valence-corrected chi connectivity index (χ4v) is 3.97. The Morgan fingerprint density at radius 2 is 1.71 bits per heavy atom. The van der Waals surface area contributed by atoms with Gasteiger partial charge in [-0.15, -0.1) is 0 Å². The number of para-hydroxylation sites is 1. The van der Waals surface area contributed by atoms with Gasteiger partial charge in [0.1, 0.15) is 23.4 Å². The normalized spacial score (nSPS) is 12.8. The zero-order valence-electron chi connectivity index (χ0n) is 23.2. The summed E-state index contributed by atoms with van der Waals surface area (Å²) in [5, 5.41) is 25.5. The van der Waals surface area contributed by atoms with Crippen LogP contribution in [0.5, 0.6) is 5.75 Å². The van der Waals surface area contributed by atoms with Gasteiger partial charge in [0.25, 0.3) is 5.91 Å². The Labute approximate surface area is 225 Å². The minimum absolute atomic E-state index is 0.0653. The van der Waals surface area contributed by atoms with Crippen LogP contribution in [0.15, 0.2) is 42.5 Å². The highest BCUT2D eigenvalue weighted by molar-refractivity contribution is 5.99. The van der Waals surface area contributed by atoms with Gasteiger partial charge in [0, 0.05) is 12.2 Å². The predicted molar refractivity (Wildman–Crippen MR) is 147 cm³/mol. The Hall–Kier alpha value is -3.59. The molecule has 2 unspecified atom stereocenters. The highest BCUT2D eigenvalue weighted by Gasteiger charge is 2.36. The second-order valence-electron chi connectivity index (χ2n) is 10.4. The number of phenols is 1. The van der Waals surface area contributed by atoms with Crippen LogP contribution in [0, 0.1) is 13.8 Å². The summed E-state index contributed by atoms with van der Waals surface area (Å²) in [6.45, 7) is 10.2. The van der Waals surface area contributed by atoms with Gasteiger partial charge in [-0.05, 0) is 75.9 Å². The maximum atomic E-state index is 13.8. The maximum absolute atomic E-state index is 13.8. The van der Waals surface area contributed by atoms with Crippen molar-refractivity contribution in [2.45, 2.75) is 78.5 Å². The molecule has 0 saturated heterocycles. The molecule has 0 radical (unpaired) electrons. The van der Waals surface area contributed by atoms with E-state index in [4.69, 9.17) is 4.74 Å². The molecule has 0 aromatic heterocycles. The number of nitrogens with one attached hydrogen (secondary N) is 2. The SMILES string of the molecule is CCCCCN(C(=O)C(CO)NC(=O)OC(C)(C)C)C(C(=O)Nc1ccccc1C)c1ccc(O)c(C)c1. The number of alkyl carbamates (subject to hydrolysis) is 1. The molecule has 0 spiro atoms. The van der Waals surface area contributed by atoms with Gasteiger partial charge in [0.15, 0.2) is 0 Å². The van der Waals surface area contributed by atoms with Crippen LogP contribution in [0.4, 0.5) is 10.5 Å². The van der Waals surface area contributed by atoms with E-state index in [2.05, 4.69) is 10.6 Å². The highest BCUT2D eigenvalue weighted by atomic mass is 16.6. The smallest absolute Gasteiger partial charge is 0.408 e. The molecule has 0 aliphatic rings. The second kappa shape index (κ2) is 13.8. The summed E-state index contributed by atoms with van der Waals surface area (Å²) in [6, 6.07) is 9.63. The number of carbonyl (C=O) groups is 3. The van der Waals surface area contributed by atoms with Gasteiger partial charge in [-0.2, -0.15) is 0 Å². The number of unbranched alkanes of at least 4 members (excludes halogenated alkanes) is 2. The number of carbonyl (C=O) groups excluding carboxylic acids is 3. The number of aromatic hydroxyl groups is 1. The first-order valence-electron chi connectivity index (χ1n) is 12.9. The van der Waals surface area contributed by atoms with Gasteiger partial charge in [0.05, 0.1) is 6.61 Å². The first-order chi connectivity index (χ1) is 17.9. The van der Waals surface area contributed by atoms with Crippen LogP contribution in [-0.2, 0) is 14.3 Å². The maximum Gasteiger partial charge on any atom is 0.408 e. The van der Waals surface area contributed by atoms with E-state index in [1.54, 1.807) is 52.0 Å². The molecular weight excluding hydrogens is 486 g/mol. The third-order valence-electron chi connectivity index (χ3n) is 5.96. The standard InChI is InChI=1S/C29H41N3O6/c1-7-8-11-16-32(27(36)23(18-33)31-28(37)38-29(4,5)6)25(21-14-15-24(34)20(3)17-21)26(35)30-22-13-10-9-12-19(22)2/h9-10,12-15,17,23,25,33-34H,7-8,11,16,18H2,1-6H3,(H,30,35)(H,31,37). The van der Waals surface area contributed by atoms with Gasteiger partial charge >= 0.3 is 6.09 Å². The van der Waals surface area contributed by atoms with Crippen molar-refractivity contribution in [1.82, 2.24) is 10.2 Å². The van der Waals surface area contributed by atoms with E-state index in [0.717, 1.165) is 18.4 Å². The number of phenolic OH excluding ortho intramolecular Hbond substituents is 1. The Balaban J connectivity index is 2.52. The molecule has 9 nitrogen and oxygen atoms in total. The third-order valence-corrected chi connectivity index (χ3v) is 5.96. The summed E-state index contributed by atoms with van der Waals surface area (Å²) in [4.78, 5) is 41.5. The number of rotatable bonds is 11. The van der Waals surface area contributed by atoms with E-state index >= 15 is 0 Å². The van der Waals surface area contributed by atoms with E-state index in [1.807, 2.05) is 26.0 Å². The Bertz CT molecular complexity index is 1110. The lowest BCUT2D eigenvalue weighted by Crippen LogP contribution is -2.54. The predicted octanol–water partition coefficient (Wildman–Crippen LogP) is 4.59. The minimum Gasteiger partial charge on any atom is -0.508 e. The molecule has 2 aromatic carbocycles. The quantitative estimate of drug-likeness (QED) is 0.316. The van der Waals surface area contributed by atoms with Gasteiger partial charge in [0.2, 0.25) is 5.91 Å². The molecule has 2 aromatic rings. The van der Waals surface area contributed by atoms with Crippen molar-refractivity contribution in [1.29, 1.82) is 0 Å². The molecule has 2 atom stereocenters. The van der Waals surface area contributed by atoms with E-state index in [-0.39, 0.29) is 12.3 Å². The van der Waals surface area contributed by atoms with Crippen molar-refractivity contribution in [3.05, 3.63) is 59.2 Å². The Morgan fingerprint density at radius 1 is 1.03 bits per heavy atom. The van der Waals surface area contributed by atoms with Crippen LogP contribution in [-0.4, -0.2) is 57.8 Å². The molecule has 0 bridgehead atoms. The summed E-state index contributed by atoms with van der Waals surface area (Å²) >= 11 is 0. The highest BCUT2D eigenvalue weighted by Crippen LogP contribution is 2.29. The zero-order valence-corrected chi connectivity index (χ0v) is 23.2. The van der Waals surface area contributed by atoms with Crippen molar-refractivity contribution < 1.29 is 29.3 Å². The number of aryl methyl sites for hydroxylation is 2. The first-order valence-corrected chi connectivity index (χ1v) is 12.9. The molecule has 38 heavy (non-hydrogen) atoms. The number of ether oxygens (including phenoxy) is 1. The fourth-order valence-electron chi connectivity index (χ4n) is 3.97. The molecule has 0 saturated carbocycles. The Kier molecular flexibility index (Phi) is 11.1. The van der Waals surface area contributed by atoms with Crippen molar-refractivity contribution in [2.24, 2.45) is 0 Å². The number of aliphatic hydroxyl groups is 1. The van der Waals surface area contributed by atoms with E-state index in [1.165, 1.54) is 11.0 Å². The van der Waals surface area contributed by atoms with Gasteiger partial charge in [-0.25, -0.2) is 4.79 Å². The molecule has 0 aliphatic heterocycles. The number of benzene rings is 2. The van der Waals surface area contributed by atoms with Crippen LogP contribution >= 0.6 is 0 Å². The minimum atomic E-state index is -1.32. The van der Waals surface area contributed by atoms with E-state index in [9.17, 15) is 24.6 Å². The number of anilines is 1. The number of aliphatic hydroxyl groups excluding tert-OH is 1. The summed E-state index contributed by atoms with van der Waals surface area (Å²) in [5.41, 5.74) is 1.69. The average Bonchev–Trinajstić information content (AvgIpc) is 2.84. The first kappa shape index (κ1) is 30.6. The van der Waals surface area contributed by atoms with Crippen LogP contribution in [0.25, 0.3) is 0 Å². The largest absolute Gasteiger partial charge is 0.508 e. The van der Waals surface area contributed by atoms with Crippen molar-refractivity contribution in [3.8, 4) is 5.75 Å². The van der Waals surface area contributed by atoms with Crippen molar-refractivity contribution in [3.63, 3.8) is 0 Å². The number of hydrogen-bond acceptors (Lipinski definition) is 6. The molecule has 3 amide bonds. The molecule has 0 heterocycles. The molecule has 9 heteroatoms. The van der Waals surface area contributed by atoms with Crippen molar-refractivity contribution >= 4 is 23.6 Å². The lowest BCUT2D eigenvalue weighted by molar-refractivity contribution is -0.141. The Morgan fingerprint density at radius 3 is 2.29 bits per heavy atom. The molecular formula is C29H41N3O6. The lowest BCUT2D eigenvalue weighted by Gasteiger charge is -2.34. The zero-order chi connectivity index (χ0) is 28.5. The number of hydrogen-bond donors (Lipinski definition) is 4. The van der Waals surface area contributed by atoms with Crippen LogP contribution in [0.1, 0.15) is 69.7 Å². The third kappa shape index (κ3) is 8.76. The molecule has 0 aliphatic carbocycles. The molecule has 4 N–H and O–H groups in total. The molecule has 208 valence electrons. The number of amides is 3. The average molecular weight is 528 g/mol. The lowest BCUT2D eigenvalue weighted by atomic mass is 9.99. The second-order valence-corrected chi connectivity index (χ2v) is 10.4. The van der Waals surface area contributed by atoms with Crippen LogP contribution in [0.3, 0.4) is 0 Å². The monoisotopic (exact) mass is 527 g/mol. The fraction of sp³-hybridized carbons (Fsp3) is 0.483. The van der Waals surface area contributed by atoms with Crippen molar-refractivity contribution in [2.75, 3.05) is 18.5 Å². The van der Waals surface area contributed by atoms with Gasteiger partial charge in [-0.3, -0.25) is 9.59 Å². The van der Waals surface area contributed by atoms with Crippen LogP contribution in [0.2, 0.25) is 0 Å². The topological polar surface area (TPSA) is 128 Å².